The van der Waals surface area contributed by atoms with E-state index < -0.39 is 11.9 Å². The highest BCUT2D eigenvalue weighted by molar-refractivity contribution is 5.97. The van der Waals surface area contributed by atoms with E-state index in [4.69, 9.17) is 0 Å². The van der Waals surface area contributed by atoms with Crippen molar-refractivity contribution in [1.29, 1.82) is 0 Å². The van der Waals surface area contributed by atoms with Crippen LogP contribution in [0.5, 0.6) is 0 Å². The van der Waals surface area contributed by atoms with Crippen molar-refractivity contribution < 1.29 is 29.4 Å². The number of carbonyl (C=O) groups excluding carboxylic acids is 2. The lowest BCUT2D eigenvalue weighted by atomic mass is 9.82. The number of aliphatic carboxylic acids is 2. The fourth-order valence-electron chi connectivity index (χ4n) is 13.5. The molecule has 2 N–H and O–H groups in total. The molecule has 2 fully saturated rings. The number of nitrogens with zero attached hydrogens (tertiary/aromatic N) is 8. The predicted octanol–water partition coefficient (Wildman–Crippen LogP) is 11.8. The van der Waals surface area contributed by atoms with Gasteiger partial charge in [-0.1, -0.05) is 94.4 Å². The Hall–Kier alpha value is -8.00. The van der Waals surface area contributed by atoms with Crippen molar-refractivity contribution in [3.63, 3.8) is 0 Å². The van der Waals surface area contributed by atoms with Crippen molar-refractivity contribution in [1.82, 2.24) is 39.8 Å². The molecule has 0 saturated carbocycles. The van der Waals surface area contributed by atoms with Gasteiger partial charge >= 0.3 is 11.9 Å². The van der Waals surface area contributed by atoms with Crippen LogP contribution >= 0.6 is 0 Å². The summed E-state index contributed by atoms with van der Waals surface area (Å²) < 4.78 is 3.71. The third kappa shape index (κ3) is 9.22. The van der Waals surface area contributed by atoms with Crippen LogP contribution in [0.3, 0.4) is 0 Å². The summed E-state index contributed by atoms with van der Waals surface area (Å²) in [4.78, 5) is 56.1. The van der Waals surface area contributed by atoms with Crippen molar-refractivity contribution in [3.8, 4) is 0 Å². The first-order chi connectivity index (χ1) is 37.5. The maximum Gasteiger partial charge on any atom is 0.304 e. The first kappa shape index (κ1) is 52.1. The van der Waals surface area contributed by atoms with Gasteiger partial charge in [-0.15, -0.1) is 10.2 Å². The second kappa shape index (κ2) is 20.8. The Balaban J connectivity index is 0.000000165. The topological polar surface area (TPSA) is 177 Å². The van der Waals surface area contributed by atoms with E-state index in [2.05, 4.69) is 66.8 Å². The van der Waals surface area contributed by atoms with Gasteiger partial charge in [0.2, 0.25) is 0 Å². The van der Waals surface area contributed by atoms with E-state index in [0.717, 1.165) is 152 Å². The molecule has 2 saturated heterocycles. The molecule has 78 heavy (non-hydrogen) atoms. The molecule has 0 radical (unpaired) electrons. The van der Waals surface area contributed by atoms with E-state index in [1.54, 1.807) is 0 Å². The zero-order valence-corrected chi connectivity index (χ0v) is 45.9. The third-order valence-electron chi connectivity index (χ3n) is 17.6. The zero-order chi connectivity index (χ0) is 54.8. The molecule has 6 aromatic carbocycles. The minimum Gasteiger partial charge on any atom is -0.481 e. The molecule has 4 aliphatic rings. The fourth-order valence-corrected chi connectivity index (χ4v) is 13.5. The number of hydrogen-bond donors (Lipinski definition) is 2. The maximum atomic E-state index is 13.9. The highest BCUT2D eigenvalue weighted by Crippen LogP contribution is 2.48. The number of benzene rings is 6. The van der Waals surface area contributed by atoms with Crippen LogP contribution in [0.4, 0.5) is 0 Å². The van der Waals surface area contributed by atoms with Crippen molar-refractivity contribution >= 4 is 45.8 Å². The number of rotatable bonds is 12. The van der Waals surface area contributed by atoms with Crippen LogP contribution in [0.25, 0.3) is 22.1 Å². The van der Waals surface area contributed by atoms with Gasteiger partial charge in [0.25, 0.3) is 11.8 Å². The number of amides is 2. The van der Waals surface area contributed by atoms with Gasteiger partial charge < -0.3 is 20.0 Å². The highest BCUT2D eigenvalue weighted by Gasteiger charge is 2.45. The first-order valence-corrected chi connectivity index (χ1v) is 27.7. The summed E-state index contributed by atoms with van der Waals surface area (Å²) in [7, 11) is 0. The minimum atomic E-state index is -0.845. The smallest absolute Gasteiger partial charge is 0.304 e. The Morgan fingerprint density at radius 2 is 0.936 bits per heavy atom. The van der Waals surface area contributed by atoms with Gasteiger partial charge in [0, 0.05) is 48.1 Å². The van der Waals surface area contributed by atoms with Crippen LogP contribution in [0, 0.1) is 41.5 Å². The molecule has 0 spiro atoms. The Morgan fingerprint density at radius 1 is 0.526 bits per heavy atom. The van der Waals surface area contributed by atoms with Crippen LogP contribution in [0.15, 0.2) is 97.1 Å². The number of aromatic nitrogens is 6. The van der Waals surface area contributed by atoms with Crippen LogP contribution in [0.2, 0.25) is 0 Å². The SMILES string of the molecule is CCn1nnc2c(C)c([C@@H](CC(=O)O)c3ccc4c(c3)[C@@H]3CC[C@H](C4)N3C(=O)c3cc(C)ccc3C)ccc21.CCn1nnc2c(C)c([C@H](CC(=O)O)c3ccc4c(c3)[C@@H]3CC[C@H](C4)N3C(=O)c3cc(C)ccc3C)ccc21. The molecule has 0 unspecified atom stereocenters. The Morgan fingerprint density at radius 3 is 1.32 bits per heavy atom. The first-order valence-electron chi connectivity index (χ1n) is 27.7. The Labute approximate surface area is 455 Å². The van der Waals surface area contributed by atoms with Crippen molar-refractivity contribution in [2.75, 3.05) is 0 Å². The Bertz CT molecular complexity index is 3480. The van der Waals surface area contributed by atoms with Crippen LogP contribution in [-0.2, 0) is 35.5 Å². The summed E-state index contributed by atoms with van der Waals surface area (Å²) in [6.45, 7) is 17.5. The second-order valence-electron chi connectivity index (χ2n) is 22.3. The normalized spacial score (nSPS) is 18.8. The molecule has 12 rings (SSSR count). The lowest BCUT2D eigenvalue weighted by molar-refractivity contribution is -0.138. The lowest BCUT2D eigenvalue weighted by Crippen LogP contribution is -2.42. The maximum absolute atomic E-state index is 13.9. The van der Waals surface area contributed by atoms with Gasteiger partial charge in [-0.05, 0) is 185 Å². The average Bonchev–Trinajstić information content (AvgIpc) is 4.35. The van der Waals surface area contributed by atoms with Gasteiger partial charge in [-0.25, -0.2) is 9.36 Å². The van der Waals surface area contributed by atoms with Gasteiger partial charge in [0.05, 0.1) is 36.0 Å². The van der Waals surface area contributed by atoms with Gasteiger partial charge in [0.15, 0.2) is 0 Å². The largest absolute Gasteiger partial charge is 0.481 e. The molecule has 6 heterocycles. The average molecular weight is 1050 g/mol. The third-order valence-corrected chi connectivity index (χ3v) is 17.6. The highest BCUT2D eigenvalue weighted by atomic mass is 16.4. The van der Waals surface area contributed by atoms with Crippen LogP contribution in [-0.4, -0.2) is 85.8 Å². The van der Waals surface area contributed by atoms with E-state index >= 15 is 0 Å². The van der Waals surface area contributed by atoms with E-state index in [9.17, 15) is 29.4 Å². The minimum absolute atomic E-state index is 0.00428. The zero-order valence-electron chi connectivity index (χ0n) is 45.9. The summed E-state index contributed by atoms with van der Waals surface area (Å²) in [5.74, 6) is -2.15. The molecular weight excluding hydrogens is 977 g/mol. The molecule has 2 amide bonds. The van der Waals surface area contributed by atoms with E-state index in [1.807, 2.05) is 125 Å². The molecule has 2 aromatic heterocycles. The quantitative estimate of drug-likeness (QED) is 0.120. The van der Waals surface area contributed by atoms with Crippen LogP contribution in [0.1, 0.15) is 175 Å². The second-order valence-corrected chi connectivity index (χ2v) is 22.3. The number of aryl methyl sites for hydroxylation is 8. The molecule has 0 aliphatic carbocycles. The van der Waals surface area contributed by atoms with Gasteiger partial charge in [0.1, 0.15) is 11.0 Å². The number of fused-ring (bicyclic) bond motifs is 10. The molecule has 14 nitrogen and oxygen atoms in total. The Kier molecular flexibility index (Phi) is 13.9. The molecule has 6 atom stereocenters. The number of carboxylic acids is 2. The molecule has 14 heteroatoms. The molecule has 400 valence electrons. The van der Waals surface area contributed by atoms with Crippen molar-refractivity contribution in [3.05, 3.63) is 186 Å². The molecule has 4 bridgehead atoms. The number of carboxylic acid groups (broad SMARTS) is 2. The standard InChI is InChI=1S/2C32H34N4O3/c2*1-5-35-29-13-11-24(20(4)31(29)33-34-35)26(17-30(37)38)22-9-8-21-15-23-10-12-28(27(21)16-22)36(23)32(39)25-14-18(2)6-7-19(25)3/h2*6-9,11,13-14,16,23,26,28H,5,10,12,15,17H2,1-4H3,(H,37,38)/t23-,26+,28+;23-,26-,28+/m11/s1. The van der Waals surface area contributed by atoms with Gasteiger partial charge in [-0.3, -0.25) is 19.2 Å². The molecular formula is C64H68N8O6. The molecule has 4 aliphatic heterocycles. The van der Waals surface area contributed by atoms with E-state index in [1.165, 1.54) is 11.1 Å². The predicted molar refractivity (Wildman–Crippen MR) is 300 cm³/mol. The summed E-state index contributed by atoms with van der Waals surface area (Å²) in [6.07, 6.45) is 5.42. The fraction of sp³-hybridized carbons (Fsp3) is 0.375. The molecule has 8 aromatic rings. The van der Waals surface area contributed by atoms with Gasteiger partial charge in [-0.2, -0.15) is 0 Å². The van der Waals surface area contributed by atoms with E-state index in [-0.39, 0.29) is 60.7 Å². The van der Waals surface area contributed by atoms with E-state index in [0.29, 0.717) is 0 Å². The number of hydrogen-bond acceptors (Lipinski definition) is 8. The summed E-state index contributed by atoms with van der Waals surface area (Å²) in [5.41, 5.74) is 19.9. The summed E-state index contributed by atoms with van der Waals surface area (Å²) in [5, 5.41) is 37.1. The van der Waals surface area contributed by atoms with Crippen molar-refractivity contribution in [2.45, 2.75) is 156 Å². The lowest BCUT2D eigenvalue weighted by Gasteiger charge is -2.37. The summed E-state index contributed by atoms with van der Waals surface area (Å²) in [6, 6.07) is 33.4. The number of carbonyl (C=O) groups is 4. The van der Waals surface area contributed by atoms with Crippen molar-refractivity contribution in [2.24, 2.45) is 0 Å². The van der Waals surface area contributed by atoms with Crippen LogP contribution < -0.4 is 0 Å². The summed E-state index contributed by atoms with van der Waals surface area (Å²) >= 11 is 0. The monoisotopic (exact) mass is 1040 g/mol.